The van der Waals surface area contributed by atoms with Crippen molar-refractivity contribution < 1.29 is 22.7 Å². The van der Waals surface area contributed by atoms with Gasteiger partial charge in [0.25, 0.3) is 5.91 Å². The molecule has 1 amide bonds. The molecule has 1 atom stereocenters. The average Bonchev–Trinajstić information content (AvgIpc) is 2.78. The molecule has 7 nitrogen and oxygen atoms in total. The number of fused-ring (bicyclic) bond motifs is 1. The van der Waals surface area contributed by atoms with Crippen LogP contribution in [0.25, 0.3) is 0 Å². The first-order valence-corrected chi connectivity index (χ1v) is 8.95. The molecule has 0 radical (unpaired) electrons. The monoisotopic (exact) mass is 340 g/mol. The van der Waals surface area contributed by atoms with Crippen molar-refractivity contribution in [3.8, 4) is 0 Å². The number of carbonyl (C=O) groups is 2. The molecule has 0 fully saturated rings. The molecule has 0 saturated heterocycles. The third kappa shape index (κ3) is 3.64. The van der Waals surface area contributed by atoms with Crippen LogP contribution in [-0.2, 0) is 26.0 Å². The Hall–Kier alpha value is -2.09. The highest BCUT2D eigenvalue weighted by atomic mass is 32.2. The number of amides is 1. The third-order valence-electron chi connectivity index (χ3n) is 3.65. The number of esters is 1. The quantitative estimate of drug-likeness (QED) is 0.751. The van der Waals surface area contributed by atoms with Gasteiger partial charge < -0.3 is 9.64 Å². The average molecular weight is 340 g/mol. The second-order valence-corrected chi connectivity index (χ2v) is 7.68. The van der Waals surface area contributed by atoms with E-state index in [1.54, 1.807) is 26.2 Å². The van der Waals surface area contributed by atoms with Crippen LogP contribution in [0, 0.1) is 0 Å². The molecule has 1 heterocycles. The number of ether oxygens (including phenoxy) is 1. The highest BCUT2D eigenvalue weighted by molar-refractivity contribution is 7.92. The number of hydrogen-bond donors (Lipinski definition) is 0. The van der Waals surface area contributed by atoms with Crippen molar-refractivity contribution in [1.82, 2.24) is 4.90 Å². The fourth-order valence-electron chi connectivity index (χ4n) is 2.57. The van der Waals surface area contributed by atoms with Gasteiger partial charge in [-0.05, 0) is 37.1 Å². The summed E-state index contributed by atoms with van der Waals surface area (Å²) >= 11 is 0. The summed E-state index contributed by atoms with van der Waals surface area (Å²) in [5, 5.41) is 0. The van der Waals surface area contributed by atoms with Gasteiger partial charge in [-0.1, -0.05) is 0 Å². The summed E-state index contributed by atoms with van der Waals surface area (Å²) in [6, 6.07) is 4.54. The van der Waals surface area contributed by atoms with E-state index in [2.05, 4.69) is 0 Å². The largest absolute Gasteiger partial charge is 0.452 e. The fourth-order valence-corrected chi connectivity index (χ4v) is 3.84. The SMILES string of the molecule is CC1Cc2cc(C(=O)OCC(=O)N(C)C)ccc2N1S(C)(=O)=O. The summed E-state index contributed by atoms with van der Waals surface area (Å²) in [7, 11) is -0.210. The zero-order valence-electron chi connectivity index (χ0n) is 13.6. The molecule has 0 aliphatic carbocycles. The Balaban J connectivity index is 2.18. The fraction of sp³-hybridized carbons (Fsp3) is 0.467. The molecular weight excluding hydrogens is 320 g/mol. The van der Waals surface area contributed by atoms with Gasteiger partial charge in [0.1, 0.15) is 0 Å². The van der Waals surface area contributed by atoms with E-state index < -0.39 is 16.0 Å². The molecule has 0 N–H and O–H groups in total. The number of nitrogens with zero attached hydrogens (tertiary/aromatic N) is 2. The van der Waals surface area contributed by atoms with Crippen molar-refractivity contribution >= 4 is 27.6 Å². The Morgan fingerprint density at radius 2 is 2.00 bits per heavy atom. The number of anilines is 1. The predicted molar refractivity (Wildman–Crippen MR) is 85.9 cm³/mol. The van der Waals surface area contributed by atoms with Crippen LogP contribution in [0.5, 0.6) is 0 Å². The van der Waals surface area contributed by atoms with Gasteiger partial charge in [-0.2, -0.15) is 0 Å². The first kappa shape index (κ1) is 17.3. The molecule has 0 spiro atoms. The highest BCUT2D eigenvalue weighted by Gasteiger charge is 2.32. The first-order valence-electron chi connectivity index (χ1n) is 7.11. The van der Waals surface area contributed by atoms with Crippen LogP contribution in [0.3, 0.4) is 0 Å². The molecule has 8 heteroatoms. The minimum atomic E-state index is -3.36. The van der Waals surface area contributed by atoms with Crippen LogP contribution in [-0.4, -0.2) is 58.2 Å². The van der Waals surface area contributed by atoms with Gasteiger partial charge in [-0.25, -0.2) is 13.2 Å². The summed E-state index contributed by atoms with van der Waals surface area (Å²) in [6.45, 7) is 1.49. The van der Waals surface area contributed by atoms with Gasteiger partial charge in [0.2, 0.25) is 10.0 Å². The van der Waals surface area contributed by atoms with Crippen LogP contribution >= 0.6 is 0 Å². The van der Waals surface area contributed by atoms with Gasteiger partial charge in [0.05, 0.1) is 17.5 Å². The van der Waals surface area contributed by atoms with Crippen molar-refractivity contribution in [2.24, 2.45) is 0 Å². The summed E-state index contributed by atoms with van der Waals surface area (Å²) in [5.41, 5.74) is 1.66. The van der Waals surface area contributed by atoms with Crippen LogP contribution < -0.4 is 4.31 Å². The summed E-state index contributed by atoms with van der Waals surface area (Å²) in [6.07, 6.45) is 1.69. The number of rotatable bonds is 4. The number of benzene rings is 1. The maximum absolute atomic E-state index is 12.0. The summed E-state index contributed by atoms with van der Waals surface area (Å²) in [4.78, 5) is 24.8. The van der Waals surface area contributed by atoms with Crippen LogP contribution in [0.4, 0.5) is 5.69 Å². The Morgan fingerprint density at radius 3 is 2.57 bits per heavy atom. The molecule has 2 rings (SSSR count). The first-order chi connectivity index (χ1) is 10.6. The zero-order chi connectivity index (χ0) is 17.4. The van der Waals surface area contributed by atoms with E-state index in [9.17, 15) is 18.0 Å². The topological polar surface area (TPSA) is 84.0 Å². The molecule has 0 bridgehead atoms. The lowest BCUT2D eigenvalue weighted by molar-refractivity contribution is -0.131. The van der Waals surface area contributed by atoms with Gasteiger partial charge in [-0.3, -0.25) is 9.10 Å². The molecule has 1 aromatic rings. The van der Waals surface area contributed by atoms with E-state index in [0.29, 0.717) is 17.7 Å². The number of likely N-dealkylation sites (N-methyl/N-ethyl adjacent to an activating group) is 1. The second-order valence-electron chi connectivity index (χ2n) is 5.82. The van der Waals surface area contributed by atoms with E-state index in [1.807, 2.05) is 6.92 Å². The minimum absolute atomic E-state index is 0.193. The molecule has 0 saturated carbocycles. The number of hydrogen-bond acceptors (Lipinski definition) is 5. The molecule has 23 heavy (non-hydrogen) atoms. The van der Waals surface area contributed by atoms with Crippen LogP contribution in [0.1, 0.15) is 22.8 Å². The summed E-state index contributed by atoms with van der Waals surface area (Å²) in [5.74, 6) is -0.912. The summed E-state index contributed by atoms with van der Waals surface area (Å²) < 4.78 is 30.0. The molecule has 1 aliphatic heterocycles. The lowest BCUT2D eigenvalue weighted by atomic mass is 10.1. The smallest absolute Gasteiger partial charge is 0.338 e. The van der Waals surface area contributed by atoms with Crippen molar-refractivity contribution in [2.75, 3.05) is 31.3 Å². The Bertz CT molecular complexity index is 742. The van der Waals surface area contributed by atoms with Gasteiger partial charge in [0, 0.05) is 20.1 Å². The van der Waals surface area contributed by atoms with Crippen molar-refractivity contribution in [1.29, 1.82) is 0 Å². The van der Waals surface area contributed by atoms with E-state index in [1.165, 1.54) is 15.3 Å². The molecule has 0 aromatic heterocycles. The Morgan fingerprint density at radius 1 is 1.35 bits per heavy atom. The second kappa shape index (κ2) is 6.19. The van der Waals surface area contributed by atoms with Crippen LogP contribution in [0.2, 0.25) is 0 Å². The number of carbonyl (C=O) groups excluding carboxylic acids is 2. The predicted octanol–water partition coefficient (Wildman–Crippen LogP) is 0.642. The molecule has 1 aromatic carbocycles. The van der Waals surface area contributed by atoms with Crippen molar-refractivity contribution in [2.45, 2.75) is 19.4 Å². The Kier molecular flexibility index (Phi) is 4.65. The van der Waals surface area contributed by atoms with E-state index in [4.69, 9.17) is 4.74 Å². The zero-order valence-corrected chi connectivity index (χ0v) is 14.4. The van der Waals surface area contributed by atoms with E-state index in [0.717, 1.165) is 11.8 Å². The van der Waals surface area contributed by atoms with Gasteiger partial charge >= 0.3 is 5.97 Å². The molecule has 126 valence electrons. The maximum atomic E-state index is 12.0. The standard InChI is InChI=1S/C15H20N2O5S/c1-10-7-12-8-11(15(19)22-9-14(18)16(2)3)5-6-13(12)17(10)23(4,20)21/h5-6,8,10H,7,9H2,1-4H3. The molecule has 1 unspecified atom stereocenters. The Labute approximate surface area is 135 Å². The molecule has 1 aliphatic rings. The third-order valence-corrected chi connectivity index (χ3v) is 4.92. The van der Waals surface area contributed by atoms with E-state index >= 15 is 0 Å². The normalized spacial score (nSPS) is 16.9. The van der Waals surface area contributed by atoms with E-state index in [-0.39, 0.29) is 18.6 Å². The van der Waals surface area contributed by atoms with Crippen molar-refractivity contribution in [3.63, 3.8) is 0 Å². The number of sulfonamides is 1. The van der Waals surface area contributed by atoms with Gasteiger partial charge in [0.15, 0.2) is 6.61 Å². The van der Waals surface area contributed by atoms with Gasteiger partial charge in [-0.15, -0.1) is 0 Å². The van der Waals surface area contributed by atoms with Crippen LogP contribution in [0.15, 0.2) is 18.2 Å². The highest BCUT2D eigenvalue weighted by Crippen LogP contribution is 2.34. The lowest BCUT2D eigenvalue weighted by Gasteiger charge is -2.21. The molecular formula is C15H20N2O5S. The minimum Gasteiger partial charge on any atom is -0.452 e. The van der Waals surface area contributed by atoms with Crippen molar-refractivity contribution in [3.05, 3.63) is 29.3 Å². The lowest BCUT2D eigenvalue weighted by Crippen LogP contribution is -2.34. The maximum Gasteiger partial charge on any atom is 0.338 e.